The van der Waals surface area contributed by atoms with Crippen LogP contribution in [0.25, 0.3) is 0 Å². The summed E-state index contributed by atoms with van der Waals surface area (Å²) in [5.74, 6) is 0. The second-order valence-electron chi connectivity index (χ2n) is 3.52. The van der Waals surface area contributed by atoms with E-state index in [4.69, 9.17) is 11.0 Å². The molecule has 0 heterocycles. The molecule has 0 aliphatic rings. The third kappa shape index (κ3) is 2.75. The number of benzene rings is 1. The Morgan fingerprint density at radius 2 is 2.00 bits per heavy atom. The van der Waals surface area contributed by atoms with Crippen molar-refractivity contribution >= 4 is 5.69 Å². The Morgan fingerprint density at radius 1 is 1.43 bits per heavy atom. The molecule has 0 bridgehead atoms. The number of anilines is 1. The van der Waals surface area contributed by atoms with E-state index in [1.165, 1.54) is 0 Å². The molecule has 1 aromatic carbocycles. The lowest BCUT2D eigenvalue weighted by Gasteiger charge is -2.21. The normalized spacial score (nSPS) is 11.9. The highest BCUT2D eigenvalue weighted by molar-refractivity contribution is 5.49. The summed E-state index contributed by atoms with van der Waals surface area (Å²) in [6, 6.07) is 9.73. The third-order valence-electron chi connectivity index (χ3n) is 2.00. The minimum Gasteiger partial charge on any atom is -0.373 e. The third-order valence-corrected chi connectivity index (χ3v) is 2.00. The summed E-state index contributed by atoms with van der Waals surface area (Å²) in [5, 5.41) is 8.63. The predicted octanol–water partition coefficient (Wildman–Crippen LogP) is 1.34. The first-order valence-electron chi connectivity index (χ1n) is 4.60. The summed E-state index contributed by atoms with van der Waals surface area (Å²) < 4.78 is 0. The number of hydrogen-bond donors (Lipinski definition) is 1. The molecule has 0 saturated carbocycles. The molecule has 0 aliphatic carbocycles. The van der Waals surface area contributed by atoms with Gasteiger partial charge in [0, 0.05) is 25.3 Å². The molecule has 3 heteroatoms. The van der Waals surface area contributed by atoms with Gasteiger partial charge in [0.15, 0.2) is 0 Å². The Balaban J connectivity index is 2.72. The van der Waals surface area contributed by atoms with E-state index >= 15 is 0 Å². The van der Waals surface area contributed by atoms with Crippen molar-refractivity contribution in [2.75, 3.05) is 18.5 Å². The van der Waals surface area contributed by atoms with Crippen LogP contribution in [0.1, 0.15) is 12.5 Å². The molecular formula is C11H15N3. The molecule has 3 nitrogen and oxygen atoms in total. The van der Waals surface area contributed by atoms with Gasteiger partial charge in [-0.15, -0.1) is 0 Å². The minimum atomic E-state index is 0.149. The highest BCUT2D eigenvalue weighted by atomic mass is 15.1. The van der Waals surface area contributed by atoms with Crippen LogP contribution in [0.2, 0.25) is 0 Å². The number of nitrogens with zero attached hydrogens (tertiary/aromatic N) is 2. The zero-order valence-corrected chi connectivity index (χ0v) is 8.57. The van der Waals surface area contributed by atoms with Gasteiger partial charge in [0.05, 0.1) is 11.6 Å². The maximum absolute atomic E-state index is 8.63. The quantitative estimate of drug-likeness (QED) is 0.780. The number of nitrogens with two attached hydrogens (primary N) is 1. The van der Waals surface area contributed by atoms with Gasteiger partial charge >= 0.3 is 0 Å². The molecule has 0 fully saturated rings. The average molecular weight is 189 g/mol. The molecule has 1 aromatic rings. The minimum absolute atomic E-state index is 0.149. The maximum atomic E-state index is 8.63. The molecule has 14 heavy (non-hydrogen) atoms. The first kappa shape index (κ1) is 10.6. The van der Waals surface area contributed by atoms with E-state index in [9.17, 15) is 0 Å². The fraction of sp³-hybridized carbons (Fsp3) is 0.364. The van der Waals surface area contributed by atoms with Gasteiger partial charge in [-0.3, -0.25) is 0 Å². The number of likely N-dealkylation sites (N-methyl/N-ethyl adjacent to an activating group) is 1. The van der Waals surface area contributed by atoms with Crippen molar-refractivity contribution in [2.24, 2.45) is 5.73 Å². The summed E-state index contributed by atoms with van der Waals surface area (Å²) in [6.07, 6.45) is 0. The Kier molecular flexibility index (Phi) is 3.49. The van der Waals surface area contributed by atoms with E-state index in [1.807, 2.05) is 38.2 Å². The van der Waals surface area contributed by atoms with Crippen LogP contribution >= 0.6 is 0 Å². The lowest BCUT2D eigenvalue weighted by atomic mass is 10.2. The van der Waals surface area contributed by atoms with Gasteiger partial charge in [-0.05, 0) is 31.2 Å². The van der Waals surface area contributed by atoms with Crippen LogP contribution in [0, 0.1) is 11.3 Å². The molecule has 1 unspecified atom stereocenters. The summed E-state index contributed by atoms with van der Waals surface area (Å²) in [4.78, 5) is 2.08. The lowest BCUT2D eigenvalue weighted by molar-refractivity contribution is 0.717. The SMILES string of the molecule is CC(N)CN(C)c1ccc(C#N)cc1. The molecule has 0 saturated heterocycles. The molecule has 74 valence electrons. The number of nitriles is 1. The number of rotatable bonds is 3. The van der Waals surface area contributed by atoms with Crippen LogP contribution in [0.3, 0.4) is 0 Å². The fourth-order valence-corrected chi connectivity index (χ4v) is 1.33. The van der Waals surface area contributed by atoms with Crippen molar-refractivity contribution in [3.63, 3.8) is 0 Å². The molecule has 2 N–H and O–H groups in total. The van der Waals surface area contributed by atoms with Crippen LogP contribution in [-0.4, -0.2) is 19.6 Å². The fourth-order valence-electron chi connectivity index (χ4n) is 1.33. The van der Waals surface area contributed by atoms with Crippen LogP contribution in [-0.2, 0) is 0 Å². The Labute approximate surface area is 84.7 Å². The van der Waals surface area contributed by atoms with Crippen molar-refractivity contribution < 1.29 is 0 Å². The summed E-state index contributed by atoms with van der Waals surface area (Å²) in [5.41, 5.74) is 7.46. The second-order valence-corrected chi connectivity index (χ2v) is 3.52. The van der Waals surface area contributed by atoms with E-state index in [1.54, 1.807) is 0 Å². The first-order chi connectivity index (χ1) is 6.63. The van der Waals surface area contributed by atoms with Crippen LogP contribution in [0.15, 0.2) is 24.3 Å². The lowest BCUT2D eigenvalue weighted by Crippen LogP contribution is -2.32. The van der Waals surface area contributed by atoms with Crippen molar-refractivity contribution in [1.82, 2.24) is 0 Å². The summed E-state index contributed by atoms with van der Waals surface area (Å²) in [7, 11) is 1.99. The highest BCUT2D eigenvalue weighted by Crippen LogP contribution is 2.13. The van der Waals surface area contributed by atoms with Crippen molar-refractivity contribution in [1.29, 1.82) is 5.26 Å². The molecule has 1 atom stereocenters. The predicted molar refractivity (Wildman–Crippen MR) is 58.1 cm³/mol. The van der Waals surface area contributed by atoms with Gasteiger partial charge in [-0.25, -0.2) is 0 Å². The molecule has 0 aromatic heterocycles. The van der Waals surface area contributed by atoms with Crippen LogP contribution < -0.4 is 10.6 Å². The smallest absolute Gasteiger partial charge is 0.0991 e. The van der Waals surface area contributed by atoms with Gasteiger partial charge in [0.1, 0.15) is 0 Å². The van der Waals surface area contributed by atoms with Gasteiger partial charge in [0.2, 0.25) is 0 Å². The van der Waals surface area contributed by atoms with E-state index in [0.29, 0.717) is 5.56 Å². The first-order valence-corrected chi connectivity index (χ1v) is 4.60. The number of hydrogen-bond acceptors (Lipinski definition) is 3. The van der Waals surface area contributed by atoms with E-state index in [-0.39, 0.29) is 6.04 Å². The van der Waals surface area contributed by atoms with E-state index in [0.717, 1.165) is 12.2 Å². The topological polar surface area (TPSA) is 53.0 Å². The standard InChI is InChI=1S/C11H15N3/c1-9(13)8-14(2)11-5-3-10(7-12)4-6-11/h3-6,9H,8,13H2,1-2H3. The van der Waals surface area contributed by atoms with Crippen molar-refractivity contribution in [2.45, 2.75) is 13.0 Å². The van der Waals surface area contributed by atoms with Crippen molar-refractivity contribution in [3.05, 3.63) is 29.8 Å². The Hall–Kier alpha value is -1.53. The molecule has 1 rings (SSSR count). The van der Waals surface area contributed by atoms with Gasteiger partial charge in [-0.1, -0.05) is 0 Å². The zero-order valence-electron chi connectivity index (χ0n) is 8.57. The molecule has 0 amide bonds. The van der Waals surface area contributed by atoms with E-state index < -0.39 is 0 Å². The van der Waals surface area contributed by atoms with E-state index in [2.05, 4.69) is 11.0 Å². The molecular weight excluding hydrogens is 174 g/mol. The Bertz CT molecular complexity index is 321. The molecule has 0 aliphatic heterocycles. The van der Waals surface area contributed by atoms with Crippen molar-refractivity contribution in [3.8, 4) is 6.07 Å². The van der Waals surface area contributed by atoms with Gasteiger partial charge in [-0.2, -0.15) is 5.26 Å². The van der Waals surface area contributed by atoms with Crippen LogP contribution in [0.5, 0.6) is 0 Å². The summed E-state index contributed by atoms with van der Waals surface area (Å²) >= 11 is 0. The average Bonchev–Trinajstić information content (AvgIpc) is 2.17. The highest BCUT2D eigenvalue weighted by Gasteiger charge is 2.02. The summed E-state index contributed by atoms with van der Waals surface area (Å²) in [6.45, 7) is 2.78. The van der Waals surface area contributed by atoms with Gasteiger partial charge < -0.3 is 10.6 Å². The zero-order chi connectivity index (χ0) is 10.6. The van der Waals surface area contributed by atoms with Gasteiger partial charge in [0.25, 0.3) is 0 Å². The molecule has 0 spiro atoms. The second kappa shape index (κ2) is 4.64. The Morgan fingerprint density at radius 3 is 2.43 bits per heavy atom. The largest absolute Gasteiger partial charge is 0.373 e. The maximum Gasteiger partial charge on any atom is 0.0991 e. The molecule has 0 radical (unpaired) electrons. The van der Waals surface area contributed by atoms with Crippen LogP contribution in [0.4, 0.5) is 5.69 Å². The monoisotopic (exact) mass is 189 g/mol.